The van der Waals surface area contributed by atoms with E-state index >= 15 is 0 Å². The number of carbonyl (C=O) groups is 2. The highest BCUT2D eigenvalue weighted by Crippen LogP contribution is 2.42. The second kappa shape index (κ2) is 10.5. The summed E-state index contributed by atoms with van der Waals surface area (Å²) in [6.07, 6.45) is 0. The van der Waals surface area contributed by atoms with E-state index in [9.17, 15) is 19.1 Å². The minimum atomic E-state index is -0.831. The van der Waals surface area contributed by atoms with E-state index in [0.717, 1.165) is 16.3 Å². The zero-order chi connectivity index (χ0) is 26.8. The number of hydrogen-bond donors (Lipinski definition) is 1. The summed E-state index contributed by atoms with van der Waals surface area (Å²) < 4.78 is 19.3. The molecule has 1 aliphatic heterocycles. The van der Waals surface area contributed by atoms with Crippen molar-refractivity contribution in [1.29, 1.82) is 0 Å². The fraction of sp³-hybridized carbons (Fsp3) is 0.188. The van der Waals surface area contributed by atoms with Crippen LogP contribution in [0.25, 0.3) is 16.5 Å². The zero-order valence-electron chi connectivity index (χ0n) is 21.2. The number of rotatable bonds is 7. The molecule has 1 heterocycles. The van der Waals surface area contributed by atoms with Crippen LogP contribution in [-0.2, 0) is 16.1 Å². The fourth-order valence-electron chi connectivity index (χ4n) is 4.77. The van der Waals surface area contributed by atoms with Gasteiger partial charge in [-0.1, -0.05) is 68.4 Å². The number of likely N-dealkylation sites (tertiary alicyclic amines) is 1. The Kier molecular flexibility index (Phi) is 6.97. The molecule has 0 aromatic heterocycles. The van der Waals surface area contributed by atoms with Gasteiger partial charge >= 0.3 is 0 Å². The molecule has 192 valence electrons. The van der Waals surface area contributed by atoms with Crippen molar-refractivity contribution < 1.29 is 23.8 Å². The number of nitrogens with zero attached hydrogens (tertiary/aromatic N) is 1. The van der Waals surface area contributed by atoms with Crippen molar-refractivity contribution in [2.75, 3.05) is 6.61 Å². The van der Waals surface area contributed by atoms with E-state index in [-0.39, 0.29) is 23.7 Å². The normalized spacial score (nSPS) is 16.9. The summed E-state index contributed by atoms with van der Waals surface area (Å²) in [4.78, 5) is 28.3. The van der Waals surface area contributed by atoms with E-state index in [1.807, 2.05) is 42.5 Å². The molecule has 0 spiro atoms. The molecule has 0 bridgehead atoms. The lowest BCUT2D eigenvalue weighted by atomic mass is 9.91. The van der Waals surface area contributed by atoms with Gasteiger partial charge in [-0.05, 0) is 64.2 Å². The number of Topliss-reactive ketones (excluding diaryl/α,β-unsaturated/α-hetero) is 1. The van der Waals surface area contributed by atoms with Gasteiger partial charge in [-0.2, -0.15) is 0 Å². The van der Waals surface area contributed by atoms with Crippen LogP contribution in [-0.4, -0.2) is 28.3 Å². The Bertz CT molecular complexity index is 1520. The average Bonchev–Trinajstić information content (AvgIpc) is 3.17. The first kappa shape index (κ1) is 25.2. The number of carbonyl (C=O) groups excluding carboxylic acids is 2. The highest BCUT2D eigenvalue weighted by molar-refractivity contribution is 6.46. The van der Waals surface area contributed by atoms with Crippen LogP contribution in [0.1, 0.15) is 36.6 Å². The lowest BCUT2D eigenvalue weighted by Crippen LogP contribution is -2.29. The maximum atomic E-state index is 13.5. The van der Waals surface area contributed by atoms with Gasteiger partial charge in [-0.3, -0.25) is 9.59 Å². The zero-order valence-corrected chi connectivity index (χ0v) is 21.2. The van der Waals surface area contributed by atoms with E-state index in [0.29, 0.717) is 29.4 Å². The summed E-state index contributed by atoms with van der Waals surface area (Å²) in [6.45, 7) is 4.75. The Morgan fingerprint density at radius 1 is 0.921 bits per heavy atom. The van der Waals surface area contributed by atoms with Gasteiger partial charge in [0.1, 0.15) is 17.3 Å². The van der Waals surface area contributed by atoms with Crippen LogP contribution < -0.4 is 4.74 Å². The first-order chi connectivity index (χ1) is 18.3. The Labute approximate surface area is 220 Å². The van der Waals surface area contributed by atoms with Crippen LogP contribution in [0.4, 0.5) is 4.39 Å². The standard InChI is InChI=1S/C32H28FNO4/c1-20(2)19-38-25-16-12-23(13-17-25)30(35)28-29(27-9-5-7-22-6-3-4-8-26(22)27)34(32(37)31(28)36)18-21-10-14-24(33)15-11-21/h3-17,20,29,35H,18-19H2,1-2H3/b30-28-. The van der Waals surface area contributed by atoms with Crippen LogP contribution in [0.15, 0.2) is 96.6 Å². The van der Waals surface area contributed by atoms with Gasteiger partial charge in [-0.25, -0.2) is 4.39 Å². The van der Waals surface area contributed by atoms with Crippen molar-refractivity contribution in [2.24, 2.45) is 5.92 Å². The molecular formula is C32H28FNO4. The molecule has 1 N–H and O–H groups in total. The average molecular weight is 510 g/mol. The predicted octanol–water partition coefficient (Wildman–Crippen LogP) is 6.64. The monoisotopic (exact) mass is 509 g/mol. The van der Waals surface area contributed by atoms with Crippen LogP contribution in [0.3, 0.4) is 0 Å². The number of fused-ring (bicyclic) bond motifs is 1. The van der Waals surface area contributed by atoms with Crippen LogP contribution in [0.5, 0.6) is 5.75 Å². The minimum absolute atomic E-state index is 0.0179. The van der Waals surface area contributed by atoms with Gasteiger partial charge < -0.3 is 14.7 Å². The molecule has 4 aromatic rings. The van der Waals surface area contributed by atoms with Crippen molar-refractivity contribution in [3.05, 3.63) is 119 Å². The number of hydrogen-bond acceptors (Lipinski definition) is 4. The highest BCUT2D eigenvalue weighted by Gasteiger charge is 2.46. The molecule has 38 heavy (non-hydrogen) atoms. The molecule has 1 atom stereocenters. The van der Waals surface area contributed by atoms with Crippen LogP contribution >= 0.6 is 0 Å². The Hall–Kier alpha value is -4.45. The van der Waals surface area contributed by atoms with Gasteiger partial charge in [0.2, 0.25) is 0 Å². The van der Waals surface area contributed by atoms with E-state index in [1.165, 1.54) is 17.0 Å². The molecule has 0 aliphatic carbocycles. The van der Waals surface area contributed by atoms with E-state index < -0.39 is 17.7 Å². The number of aliphatic hydroxyl groups is 1. The number of ketones is 1. The summed E-state index contributed by atoms with van der Waals surface area (Å²) in [6, 6.07) is 25.2. The molecule has 4 aromatic carbocycles. The minimum Gasteiger partial charge on any atom is -0.507 e. The summed E-state index contributed by atoms with van der Waals surface area (Å²) in [5, 5.41) is 13.2. The van der Waals surface area contributed by atoms with E-state index in [2.05, 4.69) is 13.8 Å². The topological polar surface area (TPSA) is 66.8 Å². The lowest BCUT2D eigenvalue weighted by molar-refractivity contribution is -0.140. The third-order valence-corrected chi connectivity index (χ3v) is 6.64. The van der Waals surface area contributed by atoms with Gasteiger partial charge in [0.05, 0.1) is 18.2 Å². The molecule has 1 saturated heterocycles. The molecule has 0 saturated carbocycles. The Balaban J connectivity index is 1.63. The maximum Gasteiger partial charge on any atom is 0.295 e. The Morgan fingerprint density at radius 2 is 1.61 bits per heavy atom. The summed E-state index contributed by atoms with van der Waals surface area (Å²) >= 11 is 0. The van der Waals surface area contributed by atoms with Gasteiger partial charge in [-0.15, -0.1) is 0 Å². The number of amides is 1. The number of ether oxygens (including phenoxy) is 1. The van der Waals surface area contributed by atoms with Crippen molar-refractivity contribution in [1.82, 2.24) is 4.90 Å². The highest BCUT2D eigenvalue weighted by atomic mass is 19.1. The van der Waals surface area contributed by atoms with E-state index in [4.69, 9.17) is 4.74 Å². The van der Waals surface area contributed by atoms with Gasteiger partial charge in [0.25, 0.3) is 11.7 Å². The predicted molar refractivity (Wildman–Crippen MR) is 145 cm³/mol. The van der Waals surface area contributed by atoms with Crippen molar-refractivity contribution >= 4 is 28.2 Å². The number of benzene rings is 4. The third-order valence-electron chi connectivity index (χ3n) is 6.64. The summed E-state index contributed by atoms with van der Waals surface area (Å²) in [7, 11) is 0. The van der Waals surface area contributed by atoms with Crippen LogP contribution in [0, 0.1) is 11.7 Å². The maximum absolute atomic E-state index is 13.5. The van der Waals surface area contributed by atoms with Crippen molar-refractivity contribution in [2.45, 2.75) is 26.4 Å². The molecule has 5 rings (SSSR count). The second-order valence-corrected chi connectivity index (χ2v) is 9.85. The second-order valence-electron chi connectivity index (χ2n) is 9.85. The smallest absolute Gasteiger partial charge is 0.295 e. The number of aliphatic hydroxyl groups excluding tert-OH is 1. The Morgan fingerprint density at radius 3 is 2.32 bits per heavy atom. The van der Waals surface area contributed by atoms with Gasteiger partial charge in [0.15, 0.2) is 0 Å². The summed E-state index contributed by atoms with van der Waals surface area (Å²) in [5.74, 6) is -1.10. The molecule has 6 heteroatoms. The first-order valence-electron chi connectivity index (χ1n) is 12.6. The molecular weight excluding hydrogens is 481 g/mol. The lowest BCUT2D eigenvalue weighted by Gasteiger charge is -2.26. The van der Waals surface area contributed by atoms with Gasteiger partial charge in [0, 0.05) is 12.1 Å². The molecule has 5 nitrogen and oxygen atoms in total. The first-order valence-corrected chi connectivity index (χ1v) is 12.6. The van der Waals surface area contributed by atoms with Crippen LogP contribution in [0.2, 0.25) is 0 Å². The van der Waals surface area contributed by atoms with Crippen molar-refractivity contribution in [3.63, 3.8) is 0 Å². The largest absolute Gasteiger partial charge is 0.507 e. The summed E-state index contributed by atoms with van der Waals surface area (Å²) in [5.41, 5.74) is 1.82. The fourth-order valence-corrected chi connectivity index (χ4v) is 4.77. The SMILES string of the molecule is CC(C)COc1ccc(/C(O)=C2/C(=O)C(=O)N(Cc3ccc(F)cc3)C2c2cccc3ccccc23)cc1. The molecule has 1 fully saturated rings. The molecule has 1 unspecified atom stereocenters. The molecule has 1 aliphatic rings. The molecule has 1 amide bonds. The molecule has 0 radical (unpaired) electrons. The quantitative estimate of drug-likeness (QED) is 0.172. The number of halogens is 1. The third kappa shape index (κ3) is 4.90. The van der Waals surface area contributed by atoms with E-state index in [1.54, 1.807) is 36.4 Å². The van der Waals surface area contributed by atoms with Crippen molar-refractivity contribution in [3.8, 4) is 5.75 Å².